The number of esters is 2. The largest absolute Gasteiger partial charge is 0.466 e. The van der Waals surface area contributed by atoms with Gasteiger partial charge in [-0.1, -0.05) is 55.5 Å². The zero-order chi connectivity index (χ0) is 25.5. The zero-order valence-electron chi connectivity index (χ0n) is 20.1. The molecule has 2 unspecified atom stereocenters. The van der Waals surface area contributed by atoms with Crippen LogP contribution in [0.5, 0.6) is 0 Å². The van der Waals surface area contributed by atoms with Crippen molar-refractivity contribution in [1.82, 2.24) is 5.32 Å². The molecule has 8 nitrogen and oxygen atoms in total. The predicted molar refractivity (Wildman–Crippen MR) is 132 cm³/mol. The van der Waals surface area contributed by atoms with Gasteiger partial charge in [-0.3, -0.25) is 10.1 Å². The van der Waals surface area contributed by atoms with Gasteiger partial charge < -0.3 is 14.8 Å². The standard InChI is InChI=1S/C27H28N2O6/c1-5-22(15-14-19-10-7-6-8-11-19)35-27(31)24-18(3)28-17(2)23(26(30)34-4)25(24)20-12-9-13-21(16-20)29(32)33/h6-16,22,25,28H,5H2,1-4H3/b15-14+. The summed E-state index contributed by atoms with van der Waals surface area (Å²) in [4.78, 5) is 37.1. The molecule has 2 aromatic carbocycles. The van der Waals surface area contributed by atoms with Crippen molar-refractivity contribution in [3.8, 4) is 0 Å². The fourth-order valence-electron chi connectivity index (χ4n) is 4.04. The first kappa shape index (κ1) is 25.4. The highest BCUT2D eigenvalue weighted by molar-refractivity contribution is 6.00. The number of rotatable bonds is 8. The van der Waals surface area contributed by atoms with E-state index >= 15 is 0 Å². The van der Waals surface area contributed by atoms with Crippen LogP contribution in [0.4, 0.5) is 5.69 Å². The van der Waals surface area contributed by atoms with E-state index < -0.39 is 28.9 Å². The maximum absolute atomic E-state index is 13.5. The predicted octanol–water partition coefficient (Wildman–Crippen LogP) is 5.04. The van der Waals surface area contributed by atoms with Crippen molar-refractivity contribution in [1.29, 1.82) is 0 Å². The first-order valence-electron chi connectivity index (χ1n) is 11.2. The number of benzene rings is 2. The van der Waals surface area contributed by atoms with Crippen LogP contribution in [0.2, 0.25) is 0 Å². The molecule has 0 saturated heterocycles. The van der Waals surface area contributed by atoms with E-state index in [-0.39, 0.29) is 16.8 Å². The van der Waals surface area contributed by atoms with Gasteiger partial charge in [-0.25, -0.2) is 9.59 Å². The highest BCUT2D eigenvalue weighted by Gasteiger charge is 2.38. The minimum atomic E-state index is -0.897. The Hall–Kier alpha value is -4.20. The number of nitro groups is 1. The molecular weight excluding hydrogens is 448 g/mol. The van der Waals surface area contributed by atoms with Crippen molar-refractivity contribution in [3.05, 3.63) is 104 Å². The van der Waals surface area contributed by atoms with Crippen LogP contribution in [-0.2, 0) is 19.1 Å². The maximum atomic E-state index is 13.5. The monoisotopic (exact) mass is 476 g/mol. The van der Waals surface area contributed by atoms with Crippen LogP contribution < -0.4 is 5.32 Å². The molecule has 2 aromatic rings. The van der Waals surface area contributed by atoms with Gasteiger partial charge in [0, 0.05) is 23.5 Å². The third kappa shape index (κ3) is 5.84. The number of carbonyl (C=O) groups is 2. The van der Waals surface area contributed by atoms with Crippen LogP contribution in [-0.4, -0.2) is 30.1 Å². The minimum Gasteiger partial charge on any atom is -0.466 e. The Balaban J connectivity index is 2.01. The number of allylic oxidation sites excluding steroid dienone is 2. The van der Waals surface area contributed by atoms with E-state index in [1.165, 1.54) is 25.3 Å². The smallest absolute Gasteiger partial charge is 0.337 e. The van der Waals surface area contributed by atoms with Crippen molar-refractivity contribution >= 4 is 23.7 Å². The molecule has 0 radical (unpaired) electrons. The molecule has 1 N–H and O–H groups in total. The number of ether oxygens (including phenoxy) is 2. The third-order valence-corrected chi connectivity index (χ3v) is 5.76. The van der Waals surface area contributed by atoms with Crippen molar-refractivity contribution in [2.24, 2.45) is 0 Å². The van der Waals surface area contributed by atoms with Crippen LogP contribution in [0.25, 0.3) is 6.08 Å². The maximum Gasteiger partial charge on any atom is 0.337 e. The number of nitro benzene ring substituents is 1. The van der Waals surface area contributed by atoms with Crippen molar-refractivity contribution in [3.63, 3.8) is 0 Å². The Morgan fingerprint density at radius 1 is 1.06 bits per heavy atom. The Kier molecular flexibility index (Phi) is 8.20. The second-order valence-electron chi connectivity index (χ2n) is 8.10. The molecule has 182 valence electrons. The van der Waals surface area contributed by atoms with Gasteiger partial charge in [0.05, 0.1) is 29.1 Å². The molecule has 3 rings (SSSR count). The van der Waals surface area contributed by atoms with Crippen LogP contribution in [0.1, 0.15) is 44.2 Å². The minimum absolute atomic E-state index is 0.148. The van der Waals surface area contributed by atoms with E-state index in [2.05, 4.69) is 5.32 Å². The van der Waals surface area contributed by atoms with Crippen LogP contribution in [0.3, 0.4) is 0 Å². The number of nitrogens with zero attached hydrogens (tertiary/aromatic N) is 1. The summed E-state index contributed by atoms with van der Waals surface area (Å²) in [5.41, 5.74) is 2.63. The van der Waals surface area contributed by atoms with E-state index in [0.29, 0.717) is 23.4 Å². The lowest BCUT2D eigenvalue weighted by Gasteiger charge is -2.30. The number of non-ortho nitro benzene ring substituents is 1. The fourth-order valence-corrected chi connectivity index (χ4v) is 4.04. The summed E-state index contributed by atoms with van der Waals surface area (Å²) in [6.45, 7) is 5.30. The Bertz CT molecular complexity index is 1210. The number of methoxy groups -OCH3 is 1. The summed E-state index contributed by atoms with van der Waals surface area (Å²) in [5.74, 6) is -2.16. The van der Waals surface area contributed by atoms with Crippen LogP contribution in [0.15, 0.2) is 83.2 Å². The fraction of sp³-hybridized carbons (Fsp3) is 0.259. The molecule has 0 bridgehead atoms. The van der Waals surface area contributed by atoms with Crippen LogP contribution in [0, 0.1) is 10.1 Å². The van der Waals surface area contributed by atoms with E-state index in [1.807, 2.05) is 49.4 Å². The molecule has 0 spiro atoms. The highest BCUT2D eigenvalue weighted by Crippen LogP contribution is 2.40. The van der Waals surface area contributed by atoms with Crippen molar-refractivity contribution in [2.75, 3.05) is 7.11 Å². The van der Waals surface area contributed by atoms with Gasteiger partial charge in [0.25, 0.3) is 5.69 Å². The van der Waals surface area contributed by atoms with Gasteiger partial charge in [-0.05, 0) is 37.5 Å². The van der Waals surface area contributed by atoms with Crippen molar-refractivity contribution in [2.45, 2.75) is 39.2 Å². The van der Waals surface area contributed by atoms with E-state index in [0.717, 1.165) is 5.56 Å². The van der Waals surface area contributed by atoms with Crippen molar-refractivity contribution < 1.29 is 24.0 Å². The summed E-state index contributed by atoms with van der Waals surface area (Å²) in [6.07, 6.45) is 3.71. The van der Waals surface area contributed by atoms with Gasteiger partial charge in [0.1, 0.15) is 6.10 Å². The molecule has 2 atom stereocenters. The molecule has 0 aromatic heterocycles. The average Bonchev–Trinajstić information content (AvgIpc) is 2.86. The second-order valence-corrected chi connectivity index (χ2v) is 8.10. The number of dihydropyridines is 1. The SMILES string of the molecule is CCC(/C=C/c1ccccc1)OC(=O)C1=C(C)NC(C)=C(C(=O)OC)C1c1cccc([N+](=O)[O-])c1. The normalized spacial score (nSPS) is 16.6. The number of carbonyl (C=O) groups excluding carboxylic acids is 2. The summed E-state index contributed by atoms with van der Waals surface area (Å²) < 4.78 is 10.8. The number of nitrogens with one attached hydrogen (secondary N) is 1. The molecule has 0 saturated carbocycles. The summed E-state index contributed by atoms with van der Waals surface area (Å²) in [5, 5.41) is 14.5. The lowest BCUT2D eigenvalue weighted by Crippen LogP contribution is -2.33. The van der Waals surface area contributed by atoms with Gasteiger partial charge in [0.15, 0.2) is 0 Å². The van der Waals surface area contributed by atoms with E-state index in [4.69, 9.17) is 9.47 Å². The quantitative estimate of drug-likeness (QED) is 0.323. The average molecular weight is 477 g/mol. The molecule has 0 fully saturated rings. The summed E-state index contributed by atoms with van der Waals surface area (Å²) >= 11 is 0. The Morgan fingerprint density at radius 3 is 2.31 bits per heavy atom. The van der Waals surface area contributed by atoms with Gasteiger partial charge in [0.2, 0.25) is 0 Å². The third-order valence-electron chi connectivity index (χ3n) is 5.76. The molecule has 0 amide bonds. The molecule has 1 aliphatic rings. The van der Waals surface area contributed by atoms with Crippen LogP contribution >= 0.6 is 0 Å². The lowest BCUT2D eigenvalue weighted by molar-refractivity contribution is -0.384. The topological polar surface area (TPSA) is 108 Å². The molecule has 1 heterocycles. The number of hydrogen-bond acceptors (Lipinski definition) is 7. The summed E-state index contributed by atoms with van der Waals surface area (Å²) in [7, 11) is 1.25. The van der Waals surface area contributed by atoms with Gasteiger partial charge in [-0.2, -0.15) is 0 Å². The molecule has 0 aliphatic carbocycles. The lowest BCUT2D eigenvalue weighted by atomic mass is 9.80. The molecule has 8 heteroatoms. The first-order chi connectivity index (χ1) is 16.8. The highest BCUT2D eigenvalue weighted by atomic mass is 16.6. The Labute approximate surface area is 204 Å². The molecular formula is C27H28N2O6. The first-order valence-corrected chi connectivity index (χ1v) is 11.2. The zero-order valence-corrected chi connectivity index (χ0v) is 20.1. The number of hydrogen-bond donors (Lipinski definition) is 1. The van der Waals surface area contributed by atoms with Gasteiger partial charge in [-0.15, -0.1) is 0 Å². The van der Waals surface area contributed by atoms with E-state index in [1.54, 1.807) is 19.9 Å². The Morgan fingerprint density at radius 2 is 1.71 bits per heavy atom. The molecule has 1 aliphatic heterocycles. The van der Waals surface area contributed by atoms with E-state index in [9.17, 15) is 19.7 Å². The second kappa shape index (κ2) is 11.3. The summed E-state index contributed by atoms with van der Waals surface area (Å²) in [6, 6.07) is 15.5. The molecule has 35 heavy (non-hydrogen) atoms. The van der Waals surface area contributed by atoms with Gasteiger partial charge >= 0.3 is 11.9 Å².